The quantitative estimate of drug-likeness (QED) is 0.183. The van der Waals surface area contributed by atoms with Gasteiger partial charge in [0.1, 0.15) is 6.04 Å². The third-order valence-corrected chi connectivity index (χ3v) is 7.44. The van der Waals surface area contributed by atoms with Crippen molar-refractivity contribution in [2.75, 3.05) is 6.54 Å². The van der Waals surface area contributed by atoms with E-state index in [1.807, 2.05) is 45.0 Å². The average molecular weight is 584 g/mol. The maximum Gasteiger partial charge on any atom is 0.417 e. The number of nitrogens with one attached hydrogen (secondary N) is 3. The Bertz CT molecular complexity index is 1400. The van der Waals surface area contributed by atoms with E-state index in [1.54, 1.807) is 29.7 Å². The molecule has 0 aromatic heterocycles. The van der Waals surface area contributed by atoms with Gasteiger partial charge in [0.2, 0.25) is 5.91 Å². The summed E-state index contributed by atoms with van der Waals surface area (Å²) in [5.74, 6) is -2.35. The molecule has 0 aliphatic heterocycles. The molecule has 0 unspecified atom stereocenters. The number of benzene rings is 3. The highest BCUT2D eigenvalue weighted by atomic mass is 19.4. The van der Waals surface area contributed by atoms with Crippen LogP contribution < -0.4 is 16.1 Å². The Morgan fingerprint density at radius 1 is 0.929 bits per heavy atom. The number of aliphatic hydroxyl groups excluding tert-OH is 1. The second-order valence-electron chi connectivity index (χ2n) is 11.9. The van der Waals surface area contributed by atoms with Gasteiger partial charge in [0.05, 0.1) is 23.6 Å². The van der Waals surface area contributed by atoms with Crippen molar-refractivity contribution in [3.8, 4) is 11.1 Å². The molecule has 10 heteroatoms. The van der Waals surface area contributed by atoms with Crippen LogP contribution in [0.15, 0.2) is 72.8 Å². The van der Waals surface area contributed by atoms with E-state index in [-0.39, 0.29) is 17.4 Å². The zero-order valence-corrected chi connectivity index (χ0v) is 23.7. The fourth-order valence-electron chi connectivity index (χ4n) is 5.33. The average Bonchev–Trinajstić information content (AvgIpc) is 3.26. The minimum Gasteiger partial charge on any atom is -0.390 e. The second-order valence-corrected chi connectivity index (χ2v) is 11.9. The zero-order valence-electron chi connectivity index (χ0n) is 23.7. The van der Waals surface area contributed by atoms with Gasteiger partial charge in [-0.2, -0.15) is 13.2 Å². The van der Waals surface area contributed by atoms with Gasteiger partial charge in [-0.15, -0.1) is 0 Å². The van der Waals surface area contributed by atoms with Crippen molar-refractivity contribution >= 4 is 11.8 Å². The summed E-state index contributed by atoms with van der Waals surface area (Å²) in [7, 11) is 0. The lowest BCUT2D eigenvalue weighted by Crippen LogP contribution is -2.55. The van der Waals surface area contributed by atoms with Crippen LogP contribution in [0.4, 0.5) is 13.2 Å². The number of carbonyl (C=O) groups is 2. The van der Waals surface area contributed by atoms with Crippen LogP contribution in [0.1, 0.15) is 49.1 Å². The first-order chi connectivity index (χ1) is 19.8. The summed E-state index contributed by atoms with van der Waals surface area (Å²) >= 11 is 0. The summed E-state index contributed by atoms with van der Waals surface area (Å²) < 4.78 is 40.8. The SMILES string of the molecule is CC(C)(C)CN[C@H](C(=O)NO)[C@@H](Cc1ccc(-c2ccccc2C(F)(F)F)cc1)C(=O)N[C@H]1c2ccccc2C[C@H]1O. The molecule has 4 rings (SSSR count). The van der Waals surface area contributed by atoms with Crippen molar-refractivity contribution in [1.82, 2.24) is 16.1 Å². The lowest BCUT2D eigenvalue weighted by atomic mass is 9.88. The summed E-state index contributed by atoms with van der Waals surface area (Å²) in [5, 5.41) is 26.3. The van der Waals surface area contributed by atoms with E-state index in [1.165, 1.54) is 18.2 Å². The number of halogens is 3. The number of hydrogen-bond acceptors (Lipinski definition) is 5. The minimum absolute atomic E-state index is 0.0316. The molecule has 0 saturated carbocycles. The van der Waals surface area contributed by atoms with Crippen LogP contribution in [-0.4, -0.2) is 40.8 Å². The molecule has 0 saturated heterocycles. The van der Waals surface area contributed by atoms with E-state index in [9.17, 15) is 33.1 Å². The number of hydroxylamine groups is 1. The normalized spacial score (nSPS) is 18.2. The topological polar surface area (TPSA) is 111 Å². The van der Waals surface area contributed by atoms with Gasteiger partial charge in [0, 0.05) is 13.0 Å². The summed E-state index contributed by atoms with van der Waals surface area (Å²) in [6.07, 6.45) is -4.97. The molecule has 224 valence electrons. The smallest absolute Gasteiger partial charge is 0.390 e. The van der Waals surface area contributed by atoms with E-state index in [4.69, 9.17) is 0 Å². The Morgan fingerprint density at radius 3 is 2.21 bits per heavy atom. The Labute approximate surface area is 243 Å². The first-order valence-electron chi connectivity index (χ1n) is 13.8. The lowest BCUT2D eigenvalue weighted by molar-refractivity contribution is -0.138. The lowest BCUT2D eigenvalue weighted by Gasteiger charge is -2.30. The summed E-state index contributed by atoms with van der Waals surface area (Å²) in [5.41, 5.74) is 3.33. The zero-order chi connectivity index (χ0) is 30.7. The molecule has 0 heterocycles. The van der Waals surface area contributed by atoms with Crippen molar-refractivity contribution in [3.05, 3.63) is 95.1 Å². The standard InChI is InChI=1S/C32H36F3N3O4/c1-31(2,3)18-36-28(30(41)38-42)24(29(40)37-27-23-10-5-4-8-21(23)17-26(27)39)16-19-12-14-20(15-13-19)22-9-6-7-11-25(22)32(33,34)35/h4-15,24,26-28,36,39,42H,16-18H2,1-3H3,(H,37,40)(H,38,41)/t24-,26-,27+,28+/m1/s1. The van der Waals surface area contributed by atoms with Gasteiger partial charge in [0.25, 0.3) is 5.91 Å². The van der Waals surface area contributed by atoms with E-state index in [0.717, 1.165) is 17.2 Å². The van der Waals surface area contributed by atoms with Crippen LogP contribution in [-0.2, 0) is 28.6 Å². The van der Waals surface area contributed by atoms with Gasteiger partial charge in [-0.3, -0.25) is 14.8 Å². The van der Waals surface area contributed by atoms with Crippen LogP contribution >= 0.6 is 0 Å². The largest absolute Gasteiger partial charge is 0.417 e. The molecule has 3 aromatic carbocycles. The maximum atomic E-state index is 13.8. The molecule has 5 N–H and O–H groups in total. The fourth-order valence-corrected chi connectivity index (χ4v) is 5.33. The molecular formula is C32H36F3N3O4. The first kappa shape index (κ1) is 31.2. The van der Waals surface area contributed by atoms with Crippen molar-refractivity contribution in [2.45, 2.75) is 58.0 Å². The van der Waals surface area contributed by atoms with Gasteiger partial charge in [0.15, 0.2) is 0 Å². The van der Waals surface area contributed by atoms with Gasteiger partial charge in [-0.05, 0) is 45.7 Å². The monoisotopic (exact) mass is 583 g/mol. The van der Waals surface area contributed by atoms with E-state index >= 15 is 0 Å². The third-order valence-electron chi connectivity index (χ3n) is 7.44. The van der Waals surface area contributed by atoms with Crippen molar-refractivity contribution < 1.29 is 33.1 Å². The molecule has 0 radical (unpaired) electrons. The molecule has 0 spiro atoms. The van der Waals surface area contributed by atoms with E-state index < -0.39 is 47.7 Å². The molecule has 4 atom stereocenters. The molecule has 42 heavy (non-hydrogen) atoms. The van der Waals surface area contributed by atoms with Crippen molar-refractivity contribution in [2.24, 2.45) is 11.3 Å². The highest BCUT2D eigenvalue weighted by Crippen LogP contribution is 2.37. The predicted octanol–water partition coefficient (Wildman–Crippen LogP) is 4.82. The number of rotatable bonds is 9. The molecule has 3 aromatic rings. The van der Waals surface area contributed by atoms with Crippen LogP contribution in [0.25, 0.3) is 11.1 Å². The third kappa shape index (κ3) is 7.36. The van der Waals surface area contributed by atoms with Crippen LogP contribution in [0.5, 0.6) is 0 Å². The molecule has 1 aliphatic carbocycles. The molecule has 0 bridgehead atoms. The summed E-state index contributed by atoms with van der Waals surface area (Å²) in [4.78, 5) is 26.7. The second kappa shape index (κ2) is 12.6. The highest BCUT2D eigenvalue weighted by Gasteiger charge is 2.39. The van der Waals surface area contributed by atoms with E-state index in [0.29, 0.717) is 24.1 Å². The minimum atomic E-state index is -4.52. The summed E-state index contributed by atoms with van der Waals surface area (Å²) in [6.45, 7) is 6.20. The fraction of sp³-hybridized carbons (Fsp3) is 0.375. The summed E-state index contributed by atoms with van der Waals surface area (Å²) in [6, 6.07) is 17.2. The number of alkyl halides is 3. The number of fused-ring (bicyclic) bond motifs is 1. The molecule has 0 fully saturated rings. The molecular weight excluding hydrogens is 547 g/mol. The Balaban J connectivity index is 1.65. The van der Waals surface area contributed by atoms with Crippen molar-refractivity contribution in [3.63, 3.8) is 0 Å². The maximum absolute atomic E-state index is 13.8. The van der Waals surface area contributed by atoms with Gasteiger partial charge < -0.3 is 15.7 Å². The van der Waals surface area contributed by atoms with Gasteiger partial charge in [-0.25, -0.2) is 5.48 Å². The Morgan fingerprint density at radius 2 is 1.57 bits per heavy atom. The molecule has 2 amide bonds. The Hall–Kier alpha value is -3.73. The molecule has 7 nitrogen and oxygen atoms in total. The Kier molecular flexibility index (Phi) is 9.40. The van der Waals surface area contributed by atoms with Crippen molar-refractivity contribution in [1.29, 1.82) is 0 Å². The predicted molar refractivity (Wildman–Crippen MR) is 152 cm³/mol. The van der Waals surface area contributed by atoms with E-state index in [2.05, 4.69) is 10.6 Å². The number of aliphatic hydroxyl groups is 1. The van der Waals surface area contributed by atoms with Gasteiger partial charge in [-0.1, -0.05) is 87.5 Å². The number of carbonyl (C=O) groups excluding carboxylic acids is 2. The van der Waals surface area contributed by atoms with Gasteiger partial charge >= 0.3 is 6.18 Å². The highest BCUT2D eigenvalue weighted by molar-refractivity contribution is 5.90. The van der Waals surface area contributed by atoms with Crippen LogP contribution in [0, 0.1) is 11.3 Å². The number of hydrogen-bond donors (Lipinski definition) is 5. The van der Waals surface area contributed by atoms with Crippen LogP contribution in [0.2, 0.25) is 0 Å². The number of amides is 2. The van der Waals surface area contributed by atoms with Crippen LogP contribution in [0.3, 0.4) is 0 Å². The molecule has 1 aliphatic rings. The first-order valence-corrected chi connectivity index (χ1v) is 13.8.